The van der Waals surface area contributed by atoms with Gasteiger partial charge in [0.1, 0.15) is 5.82 Å². The van der Waals surface area contributed by atoms with Crippen molar-refractivity contribution in [2.75, 3.05) is 31.6 Å². The summed E-state index contributed by atoms with van der Waals surface area (Å²) in [7, 11) is 0. The highest BCUT2D eigenvalue weighted by Crippen LogP contribution is 2.20. The molecule has 4 rings (SSSR count). The van der Waals surface area contributed by atoms with Crippen LogP contribution in [0, 0.1) is 0 Å². The van der Waals surface area contributed by atoms with Gasteiger partial charge in [-0.3, -0.25) is 13.9 Å². The molecule has 1 aliphatic rings. The number of fused-ring (bicyclic) bond motifs is 1. The van der Waals surface area contributed by atoms with Crippen molar-refractivity contribution in [3.8, 4) is 5.88 Å². The molecule has 0 spiro atoms. The Morgan fingerprint density at radius 3 is 2.48 bits per heavy atom. The second-order valence-electron chi connectivity index (χ2n) is 8.62. The minimum atomic E-state index is 0.0990. The van der Waals surface area contributed by atoms with Crippen molar-refractivity contribution in [2.45, 2.75) is 79.3 Å². The first-order valence-corrected chi connectivity index (χ1v) is 14.4. The maximum atomic E-state index is 12.1. The Labute approximate surface area is 238 Å². The van der Waals surface area contributed by atoms with E-state index in [1.54, 1.807) is 22.3 Å². The number of nitrogens with two attached hydrogens (primary N) is 1. The fourth-order valence-corrected chi connectivity index (χ4v) is 3.73. The number of aryl methyl sites for hydroxylation is 4. The van der Waals surface area contributed by atoms with Crippen molar-refractivity contribution < 1.29 is 14.3 Å². The van der Waals surface area contributed by atoms with Crippen LogP contribution in [-0.4, -0.2) is 51.9 Å². The van der Waals surface area contributed by atoms with Crippen LogP contribution < -0.4 is 21.5 Å². The van der Waals surface area contributed by atoms with Gasteiger partial charge in [0.2, 0.25) is 5.88 Å². The molecular weight excluding hydrogens is 508 g/mol. The number of rotatable bonds is 12. The molecule has 0 amide bonds. The highest BCUT2D eigenvalue weighted by atomic mass is 16.5. The van der Waals surface area contributed by atoms with Crippen molar-refractivity contribution in [1.29, 1.82) is 0 Å². The molecule has 0 saturated carbocycles. The van der Waals surface area contributed by atoms with Crippen molar-refractivity contribution >= 4 is 12.3 Å². The first-order chi connectivity index (χ1) is 19.6. The topological polar surface area (TPSA) is 126 Å². The maximum Gasteiger partial charge on any atom is 0.328 e. The number of ether oxygens (including phenoxy) is 2. The Balaban J connectivity index is 0.000000371. The van der Waals surface area contributed by atoms with Crippen molar-refractivity contribution in [1.82, 2.24) is 19.1 Å². The van der Waals surface area contributed by atoms with E-state index in [4.69, 9.17) is 15.5 Å². The number of nitrogens with zero attached hydrogens (tertiary/aromatic N) is 4. The van der Waals surface area contributed by atoms with E-state index in [9.17, 15) is 9.59 Å². The van der Waals surface area contributed by atoms with Gasteiger partial charge in [0.25, 0.3) is 6.47 Å². The van der Waals surface area contributed by atoms with Gasteiger partial charge in [-0.05, 0) is 69.7 Å². The summed E-state index contributed by atoms with van der Waals surface area (Å²) >= 11 is 0. The fourth-order valence-electron chi connectivity index (χ4n) is 3.73. The molecule has 40 heavy (non-hydrogen) atoms. The molecule has 0 atom stereocenters. The third kappa shape index (κ3) is 13.4. The molecule has 0 bridgehead atoms. The molecule has 0 saturated heterocycles. The lowest BCUT2D eigenvalue weighted by Gasteiger charge is -2.17. The van der Waals surface area contributed by atoms with Crippen LogP contribution in [0.2, 0.25) is 0 Å². The van der Waals surface area contributed by atoms with E-state index in [2.05, 4.69) is 34.1 Å². The normalized spacial score (nSPS) is 11.1. The van der Waals surface area contributed by atoms with Gasteiger partial charge in [-0.15, -0.1) is 0 Å². The molecule has 10 heteroatoms. The minimum Gasteiger partial charge on any atom is -0.478 e. The van der Waals surface area contributed by atoms with Gasteiger partial charge >= 0.3 is 5.69 Å². The van der Waals surface area contributed by atoms with Crippen LogP contribution in [0.25, 0.3) is 0 Å². The van der Waals surface area contributed by atoms with E-state index < -0.39 is 0 Å². The summed E-state index contributed by atoms with van der Waals surface area (Å²) < 4.78 is 13.0. The summed E-state index contributed by atoms with van der Waals surface area (Å²) in [6.45, 7) is 12.6. The van der Waals surface area contributed by atoms with Crippen molar-refractivity contribution in [2.24, 2.45) is 5.73 Å². The summed E-state index contributed by atoms with van der Waals surface area (Å²) in [4.78, 5) is 30.0. The Bertz CT molecular complexity index is 1100. The van der Waals surface area contributed by atoms with Gasteiger partial charge in [-0.1, -0.05) is 32.9 Å². The molecule has 3 aromatic rings. The van der Waals surface area contributed by atoms with Crippen LogP contribution >= 0.6 is 0 Å². The van der Waals surface area contributed by atoms with Crippen LogP contribution in [0.15, 0.2) is 53.7 Å². The van der Waals surface area contributed by atoms with Gasteiger partial charge < -0.3 is 20.5 Å². The zero-order valence-corrected chi connectivity index (χ0v) is 24.7. The second kappa shape index (κ2) is 22.2. The second-order valence-corrected chi connectivity index (χ2v) is 8.62. The Kier molecular flexibility index (Phi) is 19.1. The van der Waals surface area contributed by atoms with Crippen molar-refractivity contribution in [3.63, 3.8) is 0 Å². The van der Waals surface area contributed by atoms with Crippen LogP contribution in [0.1, 0.15) is 64.6 Å². The minimum absolute atomic E-state index is 0.0990. The van der Waals surface area contributed by atoms with Crippen LogP contribution in [0.4, 0.5) is 5.82 Å². The van der Waals surface area contributed by atoms with Crippen molar-refractivity contribution in [3.05, 3.63) is 70.7 Å². The highest BCUT2D eigenvalue weighted by molar-refractivity contribution is 5.47. The molecule has 222 valence electrons. The van der Waals surface area contributed by atoms with E-state index in [-0.39, 0.29) is 5.69 Å². The molecule has 0 fully saturated rings. The van der Waals surface area contributed by atoms with E-state index in [1.807, 2.05) is 44.4 Å². The number of aromatic nitrogens is 4. The third-order valence-electron chi connectivity index (χ3n) is 5.64. The lowest BCUT2D eigenvalue weighted by molar-refractivity contribution is -0.128. The molecule has 10 nitrogen and oxygen atoms in total. The zero-order valence-electron chi connectivity index (χ0n) is 24.7. The number of pyridine rings is 2. The molecule has 1 aliphatic heterocycles. The summed E-state index contributed by atoms with van der Waals surface area (Å²) in [5, 5.41) is 3.37. The van der Waals surface area contributed by atoms with E-state index in [0.717, 1.165) is 63.3 Å². The summed E-state index contributed by atoms with van der Waals surface area (Å²) in [5.41, 5.74) is 7.82. The lowest BCUT2D eigenvalue weighted by Crippen LogP contribution is -2.24. The molecule has 0 aliphatic carbocycles. The lowest BCUT2D eigenvalue weighted by atomic mass is 10.1. The standard InChI is InChI=1S/C17H24N4O.C8H12N2O.C3H6O2.C2H6/c1-2-10-20-12-13-21(17(20)22)11-4-6-15-8-7-14-5-3-9-18-16(14)19-15;9-5-3-7-11-8-4-1-2-6-10-8;1-2-5-3-4;1-2/h7-8,12-13H,2-6,9-11H2,1H3,(H,18,19);1-2,4,6H,3,5,7,9H2;3H,2H2,1H3;1-2H3. The van der Waals surface area contributed by atoms with E-state index in [0.29, 0.717) is 32.1 Å². The van der Waals surface area contributed by atoms with E-state index in [1.165, 1.54) is 12.0 Å². The number of nitrogens with one attached hydrogen (secondary N) is 1. The molecule has 4 heterocycles. The van der Waals surface area contributed by atoms with Gasteiger partial charge in [-0.2, -0.15) is 0 Å². The summed E-state index contributed by atoms with van der Waals surface area (Å²) in [6, 6.07) is 9.89. The molecular formula is C30H48N6O4. The smallest absolute Gasteiger partial charge is 0.328 e. The van der Waals surface area contributed by atoms with Crippen LogP contribution in [0.5, 0.6) is 5.88 Å². The monoisotopic (exact) mass is 556 g/mol. The maximum absolute atomic E-state index is 12.1. The number of carbonyl (C=O) groups is 1. The number of hydrogen-bond acceptors (Lipinski definition) is 8. The fraction of sp³-hybridized carbons (Fsp3) is 0.533. The molecule has 0 unspecified atom stereocenters. The third-order valence-corrected chi connectivity index (χ3v) is 5.64. The predicted molar refractivity (Wildman–Crippen MR) is 161 cm³/mol. The predicted octanol–water partition coefficient (Wildman–Crippen LogP) is 4.46. The van der Waals surface area contributed by atoms with Gasteiger partial charge in [0.05, 0.1) is 13.2 Å². The SMILES string of the molecule is CC.CCCn1ccn(CCCc2ccc3c(n2)NCCC3)c1=O.CCOC=O.NCCCOc1ccccn1. The van der Waals surface area contributed by atoms with Crippen LogP contribution in [0.3, 0.4) is 0 Å². The zero-order chi connectivity index (χ0) is 29.4. The quantitative estimate of drug-likeness (QED) is 0.247. The molecule has 0 aromatic carbocycles. The Morgan fingerprint density at radius 1 is 1.07 bits per heavy atom. The number of anilines is 1. The number of carbonyl (C=O) groups excluding carboxylic acids is 1. The Hall–Kier alpha value is -3.66. The number of hydrogen-bond donors (Lipinski definition) is 2. The molecule has 0 radical (unpaired) electrons. The molecule has 3 N–H and O–H groups in total. The Morgan fingerprint density at radius 2 is 1.85 bits per heavy atom. The summed E-state index contributed by atoms with van der Waals surface area (Å²) in [5.74, 6) is 1.72. The summed E-state index contributed by atoms with van der Waals surface area (Å²) in [6.07, 6.45) is 11.5. The largest absolute Gasteiger partial charge is 0.478 e. The highest BCUT2D eigenvalue weighted by Gasteiger charge is 2.10. The first kappa shape index (κ1) is 34.4. The van der Waals surface area contributed by atoms with E-state index >= 15 is 0 Å². The van der Waals surface area contributed by atoms with Gasteiger partial charge in [0.15, 0.2) is 0 Å². The van der Waals surface area contributed by atoms with Crippen LogP contribution in [-0.2, 0) is 35.5 Å². The van der Waals surface area contributed by atoms with Gasteiger partial charge in [-0.25, -0.2) is 14.8 Å². The average molecular weight is 557 g/mol. The molecule has 3 aromatic heterocycles. The average Bonchev–Trinajstić information content (AvgIpc) is 3.34. The number of imidazole rings is 1. The first-order valence-electron chi connectivity index (χ1n) is 14.4. The van der Waals surface area contributed by atoms with Gasteiger partial charge in [0, 0.05) is 50.0 Å².